The van der Waals surface area contributed by atoms with E-state index in [1.165, 1.54) is 43.5 Å². The van der Waals surface area contributed by atoms with Gasteiger partial charge in [-0.05, 0) is 24.3 Å². The van der Waals surface area contributed by atoms with Crippen molar-refractivity contribution in [2.45, 2.75) is 0 Å². The Morgan fingerprint density at radius 3 is 2.38 bits per heavy atom. The van der Waals surface area contributed by atoms with Gasteiger partial charge in [-0.3, -0.25) is 0 Å². The predicted octanol–water partition coefficient (Wildman–Crippen LogP) is 3.19. The molecule has 0 bridgehead atoms. The second-order valence-corrected chi connectivity index (χ2v) is 5.33. The molecule has 1 N–H and O–H groups in total. The lowest BCUT2D eigenvalue weighted by molar-refractivity contribution is -0.139. The number of carbonyl (C=O) groups is 2. The van der Waals surface area contributed by atoms with E-state index in [0.717, 1.165) is 0 Å². The molecule has 0 spiro atoms. The summed E-state index contributed by atoms with van der Waals surface area (Å²) < 4.78 is 9.48. The first kappa shape index (κ1) is 17.9. The maximum absolute atomic E-state index is 12.3. The molecule has 1 aromatic rings. The summed E-state index contributed by atoms with van der Waals surface area (Å²) in [6.45, 7) is 0. The van der Waals surface area contributed by atoms with Crippen molar-refractivity contribution in [1.82, 2.24) is 0 Å². The summed E-state index contributed by atoms with van der Waals surface area (Å²) in [4.78, 5) is 25.6. The highest BCUT2D eigenvalue weighted by Gasteiger charge is 2.30. The lowest BCUT2D eigenvalue weighted by Gasteiger charge is -2.25. The molecular formula is C16H13Cl2NO5. The van der Waals surface area contributed by atoms with Crippen molar-refractivity contribution >= 4 is 40.8 Å². The van der Waals surface area contributed by atoms with Gasteiger partial charge in [0.15, 0.2) is 0 Å². The summed E-state index contributed by atoms with van der Waals surface area (Å²) >= 11 is 12.3. The molecule has 1 aliphatic rings. The summed E-state index contributed by atoms with van der Waals surface area (Å²) in [5, 5.41) is 9.93. The third-order valence-corrected chi connectivity index (χ3v) is 3.85. The lowest BCUT2D eigenvalue weighted by Crippen LogP contribution is -2.27. The molecule has 1 heterocycles. The van der Waals surface area contributed by atoms with Crippen LogP contribution in [0.5, 0.6) is 5.75 Å². The number of halogens is 2. The van der Waals surface area contributed by atoms with Gasteiger partial charge in [-0.15, -0.1) is 0 Å². The molecular weight excluding hydrogens is 357 g/mol. The topological polar surface area (TPSA) is 76.1 Å². The molecule has 0 saturated carbocycles. The first-order valence-corrected chi connectivity index (χ1v) is 7.40. The molecule has 0 amide bonds. The summed E-state index contributed by atoms with van der Waals surface area (Å²) in [6, 6.07) is 2.73. The minimum absolute atomic E-state index is 0.0511. The molecule has 0 unspecified atom stereocenters. The Labute approximate surface area is 148 Å². The molecule has 0 aromatic heterocycles. The molecule has 24 heavy (non-hydrogen) atoms. The lowest BCUT2D eigenvalue weighted by atomic mass is 10.1. The molecule has 0 atom stereocenters. The standard InChI is InChI=1S/C16H13Cl2NO5/c1-23-15(21)9-5-3-4-8-19(13(9)16(22)24-2)14-10(17)6-7-11(20)12(14)18/h3-8,20H,1-2H3. The first-order chi connectivity index (χ1) is 11.4. The number of allylic oxidation sites excluding steroid dienone is 2. The second kappa shape index (κ2) is 7.42. The van der Waals surface area contributed by atoms with E-state index >= 15 is 0 Å². The van der Waals surface area contributed by atoms with Crippen molar-refractivity contribution in [2.75, 3.05) is 19.1 Å². The van der Waals surface area contributed by atoms with Crippen molar-refractivity contribution in [3.8, 4) is 5.75 Å². The van der Waals surface area contributed by atoms with Crippen LogP contribution in [0.15, 0.2) is 47.8 Å². The monoisotopic (exact) mass is 369 g/mol. The fourth-order valence-electron chi connectivity index (χ4n) is 2.09. The predicted molar refractivity (Wildman–Crippen MR) is 89.9 cm³/mol. The van der Waals surface area contributed by atoms with Crippen molar-refractivity contribution < 1.29 is 24.2 Å². The second-order valence-electron chi connectivity index (χ2n) is 4.55. The van der Waals surface area contributed by atoms with Gasteiger partial charge in [0, 0.05) is 6.20 Å². The number of phenolic OH excluding ortho intramolecular Hbond substituents is 1. The molecule has 0 aliphatic carbocycles. The highest BCUT2D eigenvalue weighted by molar-refractivity contribution is 6.40. The number of anilines is 1. The van der Waals surface area contributed by atoms with Gasteiger partial charge in [0.1, 0.15) is 16.5 Å². The minimum atomic E-state index is -0.804. The van der Waals surface area contributed by atoms with E-state index in [1.807, 2.05) is 0 Å². The Hall–Kier alpha value is -2.44. The van der Waals surface area contributed by atoms with Crippen molar-refractivity contribution in [3.63, 3.8) is 0 Å². The zero-order chi connectivity index (χ0) is 17.9. The van der Waals surface area contributed by atoms with Gasteiger partial charge in [0.05, 0.1) is 30.5 Å². The number of rotatable bonds is 3. The quantitative estimate of drug-likeness (QED) is 0.824. The summed E-state index contributed by atoms with van der Waals surface area (Å²) in [7, 11) is 2.36. The van der Waals surface area contributed by atoms with Gasteiger partial charge < -0.3 is 19.5 Å². The van der Waals surface area contributed by atoms with Gasteiger partial charge in [-0.1, -0.05) is 29.3 Å². The van der Waals surface area contributed by atoms with E-state index in [9.17, 15) is 14.7 Å². The van der Waals surface area contributed by atoms with Gasteiger partial charge in [0.2, 0.25) is 0 Å². The van der Waals surface area contributed by atoms with E-state index in [2.05, 4.69) is 0 Å². The molecule has 0 radical (unpaired) electrons. The van der Waals surface area contributed by atoms with E-state index in [4.69, 9.17) is 32.7 Å². The number of methoxy groups -OCH3 is 2. The van der Waals surface area contributed by atoms with Crippen LogP contribution in [0.4, 0.5) is 5.69 Å². The van der Waals surface area contributed by atoms with Gasteiger partial charge in [0.25, 0.3) is 0 Å². The highest BCUT2D eigenvalue weighted by atomic mass is 35.5. The normalized spacial score (nSPS) is 13.8. The molecule has 1 aromatic carbocycles. The highest BCUT2D eigenvalue weighted by Crippen LogP contribution is 2.42. The molecule has 1 aliphatic heterocycles. The fourth-order valence-corrected chi connectivity index (χ4v) is 2.64. The van der Waals surface area contributed by atoms with Crippen LogP contribution in [-0.2, 0) is 19.1 Å². The molecule has 0 saturated heterocycles. The number of hydrogen-bond donors (Lipinski definition) is 1. The average molecular weight is 370 g/mol. The van der Waals surface area contributed by atoms with Gasteiger partial charge >= 0.3 is 11.9 Å². The minimum Gasteiger partial charge on any atom is -0.506 e. The van der Waals surface area contributed by atoms with E-state index in [1.54, 1.807) is 12.2 Å². The van der Waals surface area contributed by atoms with Crippen molar-refractivity contribution in [1.29, 1.82) is 0 Å². The third kappa shape index (κ3) is 3.25. The number of nitrogens with zero attached hydrogens (tertiary/aromatic N) is 1. The smallest absolute Gasteiger partial charge is 0.355 e. The molecule has 2 rings (SSSR count). The van der Waals surface area contributed by atoms with Crippen molar-refractivity contribution in [3.05, 3.63) is 57.9 Å². The molecule has 0 fully saturated rings. The SMILES string of the molecule is COC(=O)C1=C(C(=O)OC)N(c2c(Cl)ccc(O)c2Cl)C=CC=C1. The molecule has 8 heteroatoms. The Kier molecular flexibility index (Phi) is 5.54. The van der Waals surface area contributed by atoms with Gasteiger partial charge in [-0.25, -0.2) is 9.59 Å². The number of esters is 2. The number of carbonyl (C=O) groups excluding carboxylic acids is 2. The van der Waals surface area contributed by atoms with E-state index < -0.39 is 11.9 Å². The number of benzene rings is 1. The maximum Gasteiger partial charge on any atom is 0.355 e. The number of ether oxygens (including phenoxy) is 2. The summed E-state index contributed by atoms with van der Waals surface area (Å²) in [5.74, 6) is -1.78. The Bertz CT molecular complexity index is 783. The van der Waals surface area contributed by atoms with Crippen LogP contribution in [0.2, 0.25) is 10.0 Å². The molecule has 126 valence electrons. The van der Waals surface area contributed by atoms with E-state index in [0.29, 0.717) is 0 Å². The van der Waals surface area contributed by atoms with Crippen LogP contribution in [0.25, 0.3) is 0 Å². The number of hydrogen-bond acceptors (Lipinski definition) is 6. The number of aromatic hydroxyl groups is 1. The van der Waals surface area contributed by atoms with Crippen LogP contribution in [0.1, 0.15) is 0 Å². The first-order valence-electron chi connectivity index (χ1n) is 6.64. The summed E-state index contributed by atoms with van der Waals surface area (Å²) in [5.41, 5.74) is -0.0753. The molecule has 6 nitrogen and oxygen atoms in total. The van der Waals surface area contributed by atoms with Crippen LogP contribution >= 0.6 is 23.2 Å². The third-order valence-electron chi connectivity index (χ3n) is 3.18. The number of phenols is 1. The Morgan fingerprint density at radius 2 is 1.75 bits per heavy atom. The van der Waals surface area contributed by atoms with Crippen LogP contribution in [0, 0.1) is 0 Å². The zero-order valence-electron chi connectivity index (χ0n) is 12.7. The Morgan fingerprint density at radius 1 is 1.08 bits per heavy atom. The largest absolute Gasteiger partial charge is 0.506 e. The van der Waals surface area contributed by atoms with Crippen LogP contribution < -0.4 is 4.90 Å². The maximum atomic E-state index is 12.3. The van der Waals surface area contributed by atoms with Crippen LogP contribution in [0.3, 0.4) is 0 Å². The Balaban J connectivity index is 2.78. The van der Waals surface area contributed by atoms with Gasteiger partial charge in [-0.2, -0.15) is 0 Å². The van der Waals surface area contributed by atoms with Crippen LogP contribution in [-0.4, -0.2) is 31.3 Å². The average Bonchev–Trinajstić information content (AvgIpc) is 2.80. The van der Waals surface area contributed by atoms with E-state index in [-0.39, 0.29) is 32.8 Å². The summed E-state index contributed by atoms with van der Waals surface area (Å²) in [6.07, 6.45) is 5.97. The van der Waals surface area contributed by atoms with Crippen molar-refractivity contribution in [2.24, 2.45) is 0 Å². The zero-order valence-corrected chi connectivity index (χ0v) is 14.3. The fraction of sp³-hybridized carbons (Fsp3) is 0.125.